The van der Waals surface area contributed by atoms with Crippen LogP contribution in [0.5, 0.6) is 0 Å². The molecular formula is C22H25FN2O4. The Morgan fingerprint density at radius 1 is 1.31 bits per heavy atom. The number of nitrogens with zero attached hydrogens (tertiary/aromatic N) is 1. The van der Waals surface area contributed by atoms with Crippen LogP contribution in [0.1, 0.15) is 31.4 Å². The van der Waals surface area contributed by atoms with E-state index in [-0.39, 0.29) is 30.8 Å². The van der Waals surface area contributed by atoms with Crippen molar-refractivity contribution in [2.75, 3.05) is 13.2 Å². The molecule has 2 saturated heterocycles. The Labute approximate surface area is 169 Å². The molecular weight excluding hydrogens is 375 g/mol. The second kappa shape index (κ2) is 7.71. The van der Waals surface area contributed by atoms with Gasteiger partial charge in [0.25, 0.3) is 0 Å². The molecule has 2 amide bonds. The molecule has 154 valence electrons. The Bertz CT molecular complexity index is 881. The molecule has 4 rings (SSSR count). The van der Waals surface area contributed by atoms with Gasteiger partial charge in [-0.25, -0.2) is 4.39 Å². The van der Waals surface area contributed by atoms with Crippen molar-refractivity contribution in [2.24, 2.45) is 5.92 Å². The van der Waals surface area contributed by atoms with Crippen molar-refractivity contribution in [3.05, 3.63) is 41.0 Å². The number of nitrogens with one attached hydrogen (secondary N) is 1. The van der Waals surface area contributed by atoms with E-state index in [2.05, 4.69) is 5.32 Å². The number of hydrogen-bond donors (Lipinski definition) is 1. The van der Waals surface area contributed by atoms with Gasteiger partial charge in [0.05, 0.1) is 6.54 Å². The predicted octanol–water partition coefficient (Wildman–Crippen LogP) is 1.67. The second-order valence-electron chi connectivity index (χ2n) is 8.39. The minimum Gasteiger partial charge on any atom is -0.365 e. The summed E-state index contributed by atoms with van der Waals surface area (Å²) in [7, 11) is 0. The first-order chi connectivity index (χ1) is 13.8. The first-order valence-corrected chi connectivity index (χ1v) is 10.0. The fourth-order valence-electron chi connectivity index (χ4n) is 4.39. The van der Waals surface area contributed by atoms with Gasteiger partial charge in [-0.3, -0.25) is 14.4 Å². The maximum Gasteiger partial charge on any atom is 0.248 e. The SMILES string of the molecule is CC(C)C[C@H](NC(=O)C1=Cc2ccccc2C1)C(=O)N1C[C@H](F)[C@H]2OCC(=O)[C@H]21. The molecule has 0 unspecified atom stereocenters. The number of benzene rings is 1. The highest BCUT2D eigenvalue weighted by atomic mass is 19.1. The van der Waals surface area contributed by atoms with Crippen molar-refractivity contribution in [1.29, 1.82) is 0 Å². The van der Waals surface area contributed by atoms with Crippen LogP contribution in [0.4, 0.5) is 4.39 Å². The van der Waals surface area contributed by atoms with Crippen molar-refractivity contribution in [3.63, 3.8) is 0 Å². The third kappa shape index (κ3) is 3.71. The number of rotatable bonds is 5. The average Bonchev–Trinajstić information content (AvgIpc) is 3.36. The molecule has 1 aromatic carbocycles. The number of hydrogen-bond acceptors (Lipinski definition) is 4. The molecule has 0 spiro atoms. The van der Waals surface area contributed by atoms with Crippen LogP contribution in [0.15, 0.2) is 29.8 Å². The number of carbonyl (C=O) groups is 3. The lowest BCUT2D eigenvalue weighted by Crippen LogP contribution is -2.52. The van der Waals surface area contributed by atoms with Crippen LogP contribution in [0, 0.1) is 5.92 Å². The maximum atomic E-state index is 14.3. The van der Waals surface area contributed by atoms with Gasteiger partial charge in [-0.15, -0.1) is 0 Å². The Morgan fingerprint density at radius 3 is 2.79 bits per heavy atom. The number of Topliss-reactive ketones (excluding diaryl/α,β-unsaturated/α-hetero) is 1. The molecule has 2 aliphatic heterocycles. The number of alkyl halides is 1. The summed E-state index contributed by atoms with van der Waals surface area (Å²) in [4.78, 5) is 39.5. The van der Waals surface area contributed by atoms with Crippen LogP contribution >= 0.6 is 0 Å². The van der Waals surface area contributed by atoms with Gasteiger partial charge in [0, 0.05) is 12.0 Å². The van der Waals surface area contributed by atoms with Gasteiger partial charge in [-0.2, -0.15) is 0 Å². The monoisotopic (exact) mass is 400 g/mol. The lowest BCUT2D eigenvalue weighted by Gasteiger charge is -2.28. The van der Waals surface area contributed by atoms with E-state index in [1.807, 2.05) is 44.2 Å². The summed E-state index contributed by atoms with van der Waals surface area (Å²) in [6.45, 7) is 3.54. The largest absolute Gasteiger partial charge is 0.365 e. The van der Waals surface area contributed by atoms with Crippen LogP contribution in [-0.2, 0) is 25.5 Å². The summed E-state index contributed by atoms with van der Waals surface area (Å²) in [6.07, 6.45) is 0.467. The molecule has 6 nitrogen and oxygen atoms in total. The standard InChI is InChI=1S/C22H25FN2O4/c1-12(2)7-17(22(28)25-10-16(23)20-19(25)18(26)11-29-20)24-21(27)15-8-13-5-3-4-6-14(13)9-15/h3-6,8,12,16-17,19-20H,7,9-11H2,1-2H3,(H,24,27)/t16-,17-,19+,20+/m0/s1. The number of carbonyl (C=O) groups excluding carboxylic acids is 3. The molecule has 1 aromatic rings. The summed E-state index contributed by atoms with van der Waals surface area (Å²) < 4.78 is 19.5. The second-order valence-corrected chi connectivity index (χ2v) is 8.39. The van der Waals surface area contributed by atoms with Gasteiger partial charge in [0.15, 0.2) is 5.78 Å². The molecule has 2 fully saturated rings. The summed E-state index contributed by atoms with van der Waals surface area (Å²) in [5.41, 5.74) is 2.66. The summed E-state index contributed by atoms with van der Waals surface area (Å²) >= 11 is 0. The van der Waals surface area contributed by atoms with Gasteiger partial charge < -0.3 is 15.0 Å². The average molecular weight is 400 g/mol. The van der Waals surface area contributed by atoms with Crippen LogP contribution < -0.4 is 5.32 Å². The van der Waals surface area contributed by atoms with Crippen LogP contribution in [0.2, 0.25) is 0 Å². The van der Waals surface area contributed by atoms with E-state index in [4.69, 9.17) is 4.74 Å². The van der Waals surface area contributed by atoms with Crippen molar-refractivity contribution in [2.45, 2.75) is 51.0 Å². The third-order valence-electron chi connectivity index (χ3n) is 5.77. The van der Waals surface area contributed by atoms with Crippen molar-refractivity contribution in [3.8, 4) is 0 Å². The maximum absolute atomic E-state index is 14.3. The van der Waals surface area contributed by atoms with Crippen molar-refractivity contribution < 1.29 is 23.5 Å². The van der Waals surface area contributed by atoms with Crippen LogP contribution in [0.3, 0.4) is 0 Å². The van der Waals surface area contributed by atoms with E-state index in [1.165, 1.54) is 4.90 Å². The number of likely N-dealkylation sites (tertiary alicyclic amines) is 1. The van der Waals surface area contributed by atoms with Gasteiger partial charge in [0.1, 0.15) is 31.0 Å². The number of fused-ring (bicyclic) bond motifs is 2. The molecule has 1 aliphatic carbocycles. The highest BCUT2D eigenvalue weighted by Crippen LogP contribution is 2.31. The first-order valence-electron chi connectivity index (χ1n) is 10.0. The molecule has 7 heteroatoms. The molecule has 3 aliphatic rings. The minimum atomic E-state index is -1.39. The molecule has 0 aromatic heterocycles. The van der Waals surface area contributed by atoms with Crippen LogP contribution in [-0.4, -0.2) is 60.0 Å². The quantitative estimate of drug-likeness (QED) is 0.816. The summed E-state index contributed by atoms with van der Waals surface area (Å²) in [5, 5.41) is 2.84. The van der Waals surface area contributed by atoms with Gasteiger partial charge in [0.2, 0.25) is 11.8 Å². The Kier molecular flexibility index (Phi) is 5.25. The van der Waals surface area contributed by atoms with E-state index in [9.17, 15) is 18.8 Å². The van der Waals surface area contributed by atoms with E-state index in [1.54, 1.807) is 0 Å². The van der Waals surface area contributed by atoms with E-state index in [0.717, 1.165) is 11.1 Å². The van der Waals surface area contributed by atoms with Gasteiger partial charge in [-0.1, -0.05) is 38.1 Å². The zero-order valence-electron chi connectivity index (χ0n) is 16.6. The lowest BCUT2D eigenvalue weighted by molar-refractivity contribution is -0.140. The number of halogens is 1. The first kappa shape index (κ1) is 19.8. The smallest absolute Gasteiger partial charge is 0.248 e. The molecule has 29 heavy (non-hydrogen) atoms. The lowest BCUT2D eigenvalue weighted by atomic mass is 10.0. The predicted molar refractivity (Wildman–Crippen MR) is 105 cm³/mol. The zero-order valence-corrected chi connectivity index (χ0v) is 16.6. The van der Waals surface area contributed by atoms with Gasteiger partial charge in [-0.05, 0) is 29.5 Å². The topological polar surface area (TPSA) is 75.7 Å². The summed E-state index contributed by atoms with van der Waals surface area (Å²) in [6, 6.07) is 6.06. The highest BCUT2D eigenvalue weighted by Gasteiger charge is 2.53. The normalized spacial score (nSPS) is 26.3. The highest BCUT2D eigenvalue weighted by molar-refractivity contribution is 6.03. The van der Waals surface area contributed by atoms with E-state index >= 15 is 0 Å². The Balaban J connectivity index is 1.50. The Morgan fingerprint density at radius 2 is 2.07 bits per heavy atom. The van der Waals surface area contributed by atoms with Crippen molar-refractivity contribution >= 4 is 23.7 Å². The fourth-order valence-corrected chi connectivity index (χ4v) is 4.39. The van der Waals surface area contributed by atoms with Crippen LogP contribution in [0.25, 0.3) is 6.08 Å². The minimum absolute atomic E-state index is 0.133. The van der Waals surface area contributed by atoms with Gasteiger partial charge >= 0.3 is 0 Å². The zero-order chi connectivity index (χ0) is 20.7. The molecule has 4 atom stereocenters. The molecule has 2 heterocycles. The van der Waals surface area contributed by atoms with Crippen molar-refractivity contribution in [1.82, 2.24) is 10.2 Å². The molecule has 0 bridgehead atoms. The number of amides is 2. The fraction of sp³-hybridized carbons (Fsp3) is 0.500. The molecule has 0 saturated carbocycles. The number of ether oxygens (including phenoxy) is 1. The Hall–Kier alpha value is -2.54. The molecule has 0 radical (unpaired) electrons. The number of ketones is 1. The third-order valence-corrected chi connectivity index (χ3v) is 5.77. The van der Waals surface area contributed by atoms with E-state index < -0.39 is 30.3 Å². The molecule has 1 N–H and O–H groups in total. The van der Waals surface area contributed by atoms with E-state index in [0.29, 0.717) is 18.4 Å². The summed E-state index contributed by atoms with van der Waals surface area (Å²) in [5.74, 6) is -0.875.